The van der Waals surface area contributed by atoms with Crippen LogP contribution in [-0.4, -0.2) is 72.1 Å². The Morgan fingerprint density at radius 3 is 2.69 bits per heavy atom. The number of ketones is 1. The summed E-state index contributed by atoms with van der Waals surface area (Å²) in [5.74, 6) is 0.407. The van der Waals surface area contributed by atoms with Crippen LogP contribution in [0.3, 0.4) is 0 Å². The van der Waals surface area contributed by atoms with E-state index >= 15 is 0 Å². The monoisotopic (exact) mass is 592 g/mol. The second-order valence-corrected chi connectivity index (χ2v) is 10.6. The van der Waals surface area contributed by atoms with Gasteiger partial charge in [0.1, 0.15) is 5.75 Å². The van der Waals surface area contributed by atoms with Gasteiger partial charge in [-0.2, -0.15) is 0 Å². The number of H-pyrrole nitrogens is 1. The zero-order valence-electron chi connectivity index (χ0n) is 23.8. The first kappa shape index (κ1) is 29.1. The van der Waals surface area contributed by atoms with Gasteiger partial charge in [-0.05, 0) is 73.2 Å². The highest BCUT2D eigenvalue weighted by molar-refractivity contribution is 6.34. The van der Waals surface area contributed by atoms with Crippen molar-refractivity contribution in [1.29, 1.82) is 0 Å². The number of halogens is 1. The lowest BCUT2D eigenvalue weighted by Gasteiger charge is -2.37. The molecule has 0 radical (unpaired) electrons. The molecule has 0 atom stereocenters. The normalized spacial score (nSPS) is 13.8. The number of benzene rings is 2. The molecule has 12 heteroatoms. The highest BCUT2D eigenvalue weighted by Gasteiger charge is 2.26. The van der Waals surface area contributed by atoms with Crippen molar-refractivity contribution >= 4 is 46.4 Å². The topological polar surface area (TPSA) is 134 Å². The average molecular weight is 593 g/mol. The first-order valence-electron chi connectivity index (χ1n) is 13.9. The molecule has 0 aliphatic carbocycles. The standard InChI is InChI=1S/C30H33ClN6O5/c1-4-18-13-20(15-25-27(18)33-30(40)42-25)28(39)23-16-26(34-35-29(23)31)36-11-8-21(9-12-36)37(17-38)10-7-19-14-22(41-3)5-6-24(19)32-2/h5-6,13-17,21,32H,4,7-12H2,1-3H3,(H,33,40). The van der Waals surface area contributed by atoms with Gasteiger partial charge in [-0.1, -0.05) is 18.5 Å². The average Bonchev–Trinajstić information content (AvgIpc) is 3.41. The molecule has 0 unspecified atom stereocenters. The number of fused-ring (bicyclic) bond motifs is 1. The van der Waals surface area contributed by atoms with Gasteiger partial charge in [-0.3, -0.25) is 14.6 Å². The molecular formula is C30H33ClN6O5. The van der Waals surface area contributed by atoms with E-state index < -0.39 is 5.76 Å². The molecule has 2 N–H and O–H groups in total. The molecular weight excluding hydrogens is 560 g/mol. The van der Waals surface area contributed by atoms with Gasteiger partial charge in [-0.25, -0.2) is 4.79 Å². The molecule has 220 valence electrons. The summed E-state index contributed by atoms with van der Waals surface area (Å²) >= 11 is 6.33. The number of hydrogen-bond acceptors (Lipinski definition) is 9. The maximum atomic E-state index is 13.5. The number of methoxy groups -OCH3 is 1. The summed E-state index contributed by atoms with van der Waals surface area (Å²) in [5.41, 5.74) is 4.34. The fraction of sp³-hybridized carbons (Fsp3) is 0.367. The van der Waals surface area contributed by atoms with E-state index in [9.17, 15) is 14.4 Å². The van der Waals surface area contributed by atoms with Crippen LogP contribution < -0.4 is 20.7 Å². The molecule has 1 saturated heterocycles. The van der Waals surface area contributed by atoms with Crippen LogP contribution in [0.1, 0.15) is 46.8 Å². The molecule has 0 spiro atoms. The number of aryl methyl sites for hydroxylation is 1. The van der Waals surface area contributed by atoms with Crippen LogP contribution >= 0.6 is 11.6 Å². The quantitative estimate of drug-likeness (QED) is 0.195. The first-order chi connectivity index (χ1) is 20.3. The third-order valence-corrected chi connectivity index (χ3v) is 8.13. The van der Waals surface area contributed by atoms with Crippen molar-refractivity contribution in [1.82, 2.24) is 20.1 Å². The number of aromatic amines is 1. The fourth-order valence-electron chi connectivity index (χ4n) is 5.51. The summed E-state index contributed by atoms with van der Waals surface area (Å²) in [7, 11) is 3.51. The van der Waals surface area contributed by atoms with Crippen molar-refractivity contribution in [3.8, 4) is 5.75 Å². The number of nitrogens with one attached hydrogen (secondary N) is 2. The van der Waals surface area contributed by atoms with Crippen molar-refractivity contribution < 1.29 is 18.7 Å². The van der Waals surface area contributed by atoms with E-state index in [1.807, 2.05) is 42.0 Å². The van der Waals surface area contributed by atoms with E-state index in [-0.39, 0.29) is 22.5 Å². The molecule has 3 heterocycles. The number of anilines is 2. The van der Waals surface area contributed by atoms with Crippen LogP contribution in [0.2, 0.25) is 5.15 Å². The van der Waals surface area contributed by atoms with Crippen LogP contribution in [0.25, 0.3) is 11.1 Å². The van der Waals surface area contributed by atoms with E-state index in [2.05, 4.69) is 20.5 Å². The molecule has 2 aromatic carbocycles. The minimum Gasteiger partial charge on any atom is -0.497 e. The lowest BCUT2D eigenvalue weighted by atomic mass is 10.00. The highest BCUT2D eigenvalue weighted by Crippen LogP contribution is 2.28. The number of oxazole rings is 1. The summed E-state index contributed by atoms with van der Waals surface area (Å²) in [6.07, 6.45) is 3.70. The van der Waals surface area contributed by atoms with Crippen molar-refractivity contribution in [2.24, 2.45) is 0 Å². The second-order valence-electron chi connectivity index (χ2n) is 10.2. The predicted octanol–water partition coefficient (Wildman–Crippen LogP) is 4.08. The molecule has 42 heavy (non-hydrogen) atoms. The molecule has 1 amide bonds. The van der Waals surface area contributed by atoms with Crippen molar-refractivity contribution in [2.75, 3.05) is 44.0 Å². The Morgan fingerprint density at radius 1 is 1.21 bits per heavy atom. The molecule has 0 bridgehead atoms. The van der Waals surface area contributed by atoms with Crippen LogP contribution in [0.4, 0.5) is 11.5 Å². The zero-order chi connectivity index (χ0) is 29.8. The zero-order valence-corrected chi connectivity index (χ0v) is 24.5. The van der Waals surface area contributed by atoms with Gasteiger partial charge < -0.3 is 24.3 Å². The molecule has 4 aromatic rings. The lowest BCUT2D eigenvalue weighted by molar-refractivity contribution is -0.120. The van der Waals surface area contributed by atoms with Crippen LogP contribution in [0, 0.1) is 0 Å². The molecule has 1 fully saturated rings. The number of nitrogens with zero attached hydrogens (tertiary/aromatic N) is 4. The summed E-state index contributed by atoms with van der Waals surface area (Å²) in [6.45, 7) is 3.79. The van der Waals surface area contributed by atoms with Gasteiger partial charge in [0, 0.05) is 44.0 Å². The van der Waals surface area contributed by atoms with Gasteiger partial charge in [0.05, 0.1) is 18.2 Å². The Balaban J connectivity index is 1.27. The molecule has 5 rings (SSSR count). The van der Waals surface area contributed by atoms with Crippen LogP contribution in [0.15, 0.2) is 45.6 Å². The summed E-state index contributed by atoms with van der Waals surface area (Å²) in [6, 6.07) is 10.9. The van der Waals surface area contributed by atoms with Crippen molar-refractivity contribution in [3.63, 3.8) is 0 Å². The number of piperidine rings is 1. The van der Waals surface area contributed by atoms with Gasteiger partial charge in [0.15, 0.2) is 22.3 Å². The minimum atomic E-state index is -0.574. The number of carbonyl (C=O) groups is 2. The Hall–Kier alpha value is -4.38. The number of rotatable bonds is 11. The first-order valence-corrected chi connectivity index (χ1v) is 14.3. The number of hydrogen-bond donors (Lipinski definition) is 2. The fourth-order valence-corrected chi connectivity index (χ4v) is 5.69. The molecule has 1 aliphatic heterocycles. The number of ether oxygens (including phenoxy) is 1. The molecule has 1 aliphatic rings. The Kier molecular flexibility index (Phi) is 8.77. The van der Waals surface area contributed by atoms with Crippen LogP contribution in [-0.2, 0) is 17.6 Å². The number of carbonyl (C=O) groups excluding carboxylic acids is 2. The smallest absolute Gasteiger partial charge is 0.417 e. The van der Waals surface area contributed by atoms with Gasteiger partial charge >= 0.3 is 5.76 Å². The van der Waals surface area contributed by atoms with E-state index in [1.54, 1.807) is 19.2 Å². The van der Waals surface area contributed by atoms with Gasteiger partial charge in [-0.15, -0.1) is 10.2 Å². The second kappa shape index (κ2) is 12.6. The van der Waals surface area contributed by atoms with E-state index in [0.717, 1.165) is 41.8 Å². The molecule has 11 nitrogen and oxygen atoms in total. The maximum Gasteiger partial charge on any atom is 0.417 e. The molecule has 0 saturated carbocycles. The third-order valence-electron chi connectivity index (χ3n) is 7.85. The Labute approximate surface area is 247 Å². The Bertz CT molecular complexity index is 1660. The summed E-state index contributed by atoms with van der Waals surface area (Å²) in [5, 5.41) is 11.5. The maximum absolute atomic E-state index is 13.5. The number of amides is 1. The predicted molar refractivity (Wildman–Crippen MR) is 161 cm³/mol. The van der Waals surface area contributed by atoms with Gasteiger partial charge in [0.25, 0.3) is 0 Å². The minimum absolute atomic E-state index is 0.00193. The van der Waals surface area contributed by atoms with E-state index in [1.165, 1.54) is 6.07 Å². The highest BCUT2D eigenvalue weighted by atomic mass is 35.5. The Morgan fingerprint density at radius 2 is 2.00 bits per heavy atom. The number of aromatic nitrogens is 3. The summed E-state index contributed by atoms with van der Waals surface area (Å²) < 4.78 is 10.6. The van der Waals surface area contributed by atoms with E-state index in [4.69, 9.17) is 20.8 Å². The largest absolute Gasteiger partial charge is 0.497 e. The van der Waals surface area contributed by atoms with Crippen LogP contribution in [0.5, 0.6) is 5.75 Å². The summed E-state index contributed by atoms with van der Waals surface area (Å²) in [4.78, 5) is 43.9. The van der Waals surface area contributed by atoms with E-state index in [0.29, 0.717) is 55.0 Å². The van der Waals surface area contributed by atoms with Crippen molar-refractivity contribution in [3.05, 3.63) is 74.4 Å². The molecule has 2 aromatic heterocycles. The lowest BCUT2D eigenvalue weighted by Crippen LogP contribution is -2.45. The van der Waals surface area contributed by atoms with Gasteiger partial charge in [0.2, 0.25) is 6.41 Å². The third kappa shape index (κ3) is 5.96. The SMILES string of the molecule is CCc1cc(C(=O)c2cc(N3CCC(N(C=O)CCc4cc(OC)ccc4NC)CC3)nnc2Cl)cc2oc(=O)[nH]c12. The van der Waals surface area contributed by atoms with Crippen molar-refractivity contribution in [2.45, 2.75) is 38.6 Å².